The zero-order chi connectivity index (χ0) is 15.3. The van der Waals surface area contributed by atoms with Gasteiger partial charge in [0.15, 0.2) is 0 Å². The molecule has 5 heteroatoms. The summed E-state index contributed by atoms with van der Waals surface area (Å²) in [4.78, 5) is 0. The first kappa shape index (κ1) is 17.4. The first-order valence-corrected chi connectivity index (χ1v) is 7.36. The van der Waals surface area contributed by atoms with Gasteiger partial charge in [0.05, 0.1) is 12.2 Å². The van der Waals surface area contributed by atoms with Gasteiger partial charge in [-0.2, -0.15) is 5.26 Å². The van der Waals surface area contributed by atoms with Gasteiger partial charge in [0, 0.05) is 19.7 Å². The molecule has 2 N–H and O–H groups in total. The second-order valence-corrected chi connectivity index (χ2v) is 4.74. The number of nitriles is 1. The minimum atomic E-state index is -0.618. The molecule has 1 unspecified atom stereocenters. The zero-order valence-electron chi connectivity index (χ0n) is 12.5. The van der Waals surface area contributed by atoms with Gasteiger partial charge in [-0.15, -0.1) is 0 Å². The summed E-state index contributed by atoms with van der Waals surface area (Å²) < 4.78 is 10.9. The summed E-state index contributed by atoms with van der Waals surface area (Å²) in [6.45, 7) is 4.85. The number of aliphatic hydroxyl groups is 1. The smallest absolute Gasteiger partial charge is 0.137 e. The molecule has 116 valence electrons. The van der Waals surface area contributed by atoms with Crippen molar-refractivity contribution in [2.75, 3.05) is 32.9 Å². The maximum Gasteiger partial charge on any atom is 0.137 e. The molecule has 0 saturated carbocycles. The first-order valence-electron chi connectivity index (χ1n) is 7.36. The quantitative estimate of drug-likeness (QED) is 0.607. The Bertz CT molecular complexity index is 432. The second kappa shape index (κ2) is 11.1. The van der Waals surface area contributed by atoms with Gasteiger partial charge in [0.1, 0.15) is 24.5 Å². The van der Waals surface area contributed by atoms with Crippen molar-refractivity contribution >= 4 is 0 Å². The fourth-order valence-corrected chi connectivity index (χ4v) is 1.69. The largest absolute Gasteiger partial charge is 0.489 e. The second-order valence-electron chi connectivity index (χ2n) is 4.74. The fourth-order valence-electron chi connectivity index (χ4n) is 1.69. The molecule has 0 spiro atoms. The maximum atomic E-state index is 9.80. The van der Waals surface area contributed by atoms with E-state index in [0.717, 1.165) is 19.4 Å². The van der Waals surface area contributed by atoms with Gasteiger partial charge >= 0.3 is 0 Å². The third kappa shape index (κ3) is 7.66. The van der Waals surface area contributed by atoms with Crippen molar-refractivity contribution in [1.29, 1.82) is 5.26 Å². The Morgan fingerprint density at radius 1 is 1.33 bits per heavy atom. The maximum absolute atomic E-state index is 9.80. The van der Waals surface area contributed by atoms with Crippen LogP contribution in [-0.4, -0.2) is 44.1 Å². The van der Waals surface area contributed by atoms with E-state index >= 15 is 0 Å². The molecule has 0 fully saturated rings. The highest BCUT2D eigenvalue weighted by Gasteiger charge is 2.07. The van der Waals surface area contributed by atoms with Gasteiger partial charge in [-0.1, -0.05) is 25.5 Å². The van der Waals surface area contributed by atoms with Gasteiger partial charge < -0.3 is 19.9 Å². The highest BCUT2D eigenvalue weighted by molar-refractivity contribution is 5.42. The Hall–Kier alpha value is -1.61. The molecular weight excluding hydrogens is 268 g/mol. The average Bonchev–Trinajstić information content (AvgIpc) is 2.52. The van der Waals surface area contributed by atoms with Gasteiger partial charge in [0.2, 0.25) is 0 Å². The summed E-state index contributed by atoms with van der Waals surface area (Å²) >= 11 is 0. The van der Waals surface area contributed by atoms with Crippen LogP contribution in [0.3, 0.4) is 0 Å². The Balaban J connectivity index is 2.11. The van der Waals surface area contributed by atoms with Crippen LogP contribution in [0.15, 0.2) is 24.3 Å². The standard InChI is InChI=1S/C16H24N2O3/c1-2-3-9-20-10-8-18-12-15(19)13-21-16-7-5-4-6-14(16)11-17/h4-7,15,18-19H,2-3,8-10,12-13H2,1H3. The Morgan fingerprint density at radius 2 is 2.14 bits per heavy atom. The molecule has 5 nitrogen and oxygen atoms in total. The van der Waals surface area contributed by atoms with Crippen LogP contribution < -0.4 is 10.1 Å². The lowest BCUT2D eigenvalue weighted by atomic mass is 10.2. The van der Waals surface area contributed by atoms with Gasteiger partial charge in [-0.25, -0.2) is 0 Å². The number of hydrogen-bond donors (Lipinski definition) is 2. The number of ether oxygens (including phenoxy) is 2. The van der Waals surface area contributed by atoms with E-state index in [2.05, 4.69) is 18.3 Å². The fraction of sp³-hybridized carbons (Fsp3) is 0.562. The summed E-state index contributed by atoms with van der Waals surface area (Å²) in [5, 5.41) is 21.8. The Morgan fingerprint density at radius 3 is 2.90 bits per heavy atom. The summed E-state index contributed by atoms with van der Waals surface area (Å²) in [5.74, 6) is 0.502. The van der Waals surface area contributed by atoms with Crippen molar-refractivity contribution in [3.05, 3.63) is 29.8 Å². The lowest BCUT2D eigenvalue weighted by Crippen LogP contribution is -2.33. The molecule has 1 aromatic rings. The van der Waals surface area contributed by atoms with E-state index in [0.29, 0.717) is 31.0 Å². The number of hydrogen-bond acceptors (Lipinski definition) is 5. The highest BCUT2D eigenvalue weighted by Crippen LogP contribution is 2.16. The zero-order valence-corrected chi connectivity index (χ0v) is 12.5. The van der Waals surface area contributed by atoms with Crippen LogP contribution in [0.1, 0.15) is 25.3 Å². The number of unbranched alkanes of at least 4 members (excludes halogenated alkanes) is 1. The topological polar surface area (TPSA) is 74.5 Å². The van der Waals surface area contributed by atoms with Crippen LogP contribution >= 0.6 is 0 Å². The van der Waals surface area contributed by atoms with E-state index in [1.165, 1.54) is 0 Å². The lowest BCUT2D eigenvalue weighted by Gasteiger charge is -2.14. The summed E-state index contributed by atoms with van der Waals surface area (Å²) in [6, 6.07) is 9.05. The molecule has 0 saturated heterocycles. The van der Waals surface area contributed by atoms with E-state index in [-0.39, 0.29) is 6.61 Å². The van der Waals surface area contributed by atoms with Crippen LogP contribution in [0.25, 0.3) is 0 Å². The molecule has 0 amide bonds. The number of nitrogens with zero attached hydrogens (tertiary/aromatic N) is 1. The molecule has 1 aromatic carbocycles. The van der Waals surface area contributed by atoms with Crippen molar-refractivity contribution < 1.29 is 14.6 Å². The van der Waals surface area contributed by atoms with Crippen molar-refractivity contribution in [2.45, 2.75) is 25.9 Å². The van der Waals surface area contributed by atoms with Crippen molar-refractivity contribution in [3.63, 3.8) is 0 Å². The van der Waals surface area contributed by atoms with E-state index in [4.69, 9.17) is 14.7 Å². The van der Waals surface area contributed by atoms with Crippen molar-refractivity contribution in [1.82, 2.24) is 5.32 Å². The monoisotopic (exact) mass is 292 g/mol. The van der Waals surface area contributed by atoms with E-state index in [1.54, 1.807) is 24.3 Å². The van der Waals surface area contributed by atoms with Crippen LogP contribution in [0, 0.1) is 11.3 Å². The molecule has 0 radical (unpaired) electrons. The molecule has 0 aromatic heterocycles. The number of para-hydroxylation sites is 1. The predicted octanol–water partition coefficient (Wildman–Crippen LogP) is 1.70. The van der Waals surface area contributed by atoms with Crippen molar-refractivity contribution in [2.24, 2.45) is 0 Å². The average molecular weight is 292 g/mol. The molecule has 1 rings (SSSR count). The number of benzene rings is 1. The van der Waals surface area contributed by atoms with Crippen LogP contribution in [0.4, 0.5) is 0 Å². The van der Waals surface area contributed by atoms with E-state index < -0.39 is 6.10 Å². The molecule has 1 atom stereocenters. The number of aliphatic hydroxyl groups excluding tert-OH is 1. The Labute approximate surface area is 126 Å². The SMILES string of the molecule is CCCCOCCNCC(O)COc1ccccc1C#N. The molecule has 0 aliphatic carbocycles. The van der Waals surface area contributed by atoms with E-state index in [9.17, 15) is 5.11 Å². The minimum absolute atomic E-state index is 0.155. The van der Waals surface area contributed by atoms with Crippen LogP contribution in [0.2, 0.25) is 0 Å². The lowest BCUT2D eigenvalue weighted by molar-refractivity contribution is 0.0981. The Kier molecular flexibility index (Phi) is 9.21. The molecular formula is C16H24N2O3. The number of nitrogens with one attached hydrogen (secondary N) is 1. The predicted molar refractivity (Wildman–Crippen MR) is 81.3 cm³/mol. The molecule has 0 bridgehead atoms. The molecule has 0 aliphatic rings. The van der Waals surface area contributed by atoms with Crippen molar-refractivity contribution in [3.8, 4) is 11.8 Å². The van der Waals surface area contributed by atoms with Gasteiger partial charge in [0.25, 0.3) is 0 Å². The minimum Gasteiger partial charge on any atom is -0.489 e. The first-order chi connectivity index (χ1) is 10.3. The van der Waals surface area contributed by atoms with Gasteiger partial charge in [-0.3, -0.25) is 0 Å². The third-order valence-corrected chi connectivity index (χ3v) is 2.88. The molecule has 21 heavy (non-hydrogen) atoms. The normalized spacial score (nSPS) is 11.9. The molecule has 0 heterocycles. The summed E-state index contributed by atoms with van der Waals surface area (Å²) in [6.07, 6.45) is 1.59. The van der Waals surface area contributed by atoms with Gasteiger partial charge in [-0.05, 0) is 18.6 Å². The van der Waals surface area contributed by atoms with E-state index in [1.807, 2.05) is 0 Å². The summed E-state index contributed by atoms with van der Waals surface area (Å²) in [7, 11) is 0. The highest BCUT2D eigenvalue weighted by atomic mass is 16.5. The van der Waals surface area contributed by atoms with Crippen LogP contribution in [-0.2, 0) is 4.74 Å². The number of rotatable bonds is 11. The summed E-state index contributed by atoms with van der Waals surface area (Å²) in [5.41, 5.74) is 0.474. The third-order valence-electron chi connectivity index (χ3n) is 2.88. The molecule has 0 aliphatic heterocycles. The van der Waals surface area contributed by atoms with Crippen LogP contribution in [0.5, 0.6) is 5.75 Å².